The molecule has 1 amide bonds. The molecule has 146 valence electrons. The maximum absolute atomic E-state index is 12.8. The fraction of sp³-hybridized carbons (Fsp3) is 0.0435. The summed E-state index contributed by atoms with van der Waals surface area (Å²) >= 11 is 0. The summed E-state index contributed by atoms with van der Waals surface area (Å²) in [4.78, 5) is 19.0. The van der Waals surface area contributed by atoms with Crippen LogP contribution in [0, 0.1) is 6.92 Å². The van der Waals surface area contributed by atoms with Gasteiger partial charge >= 0.3 is 0 Å². The van der Waals surface area contributed by atoms with Gasteiger partial charge in [-0.25, -0.2) is 4.98 Å². The predicted octanol–water partition coefficient (Wildman–Crippen LogP) is 4.14. The molecule has 0 aliphatic carbocycles. The second-order valence-corrected chi connectivity index (χ2v) is 6.90. The van der Waals surface area contributed by atoms with E-state index in [1.54, 1.807) is 0 Å². The van der Waals surface area contributed by atoms with Gasteiger partial charge in [0.1, 0.15) is 5.65 Å². The van der Waals surface area contributed by atoms with Gasteiger partial charge in [-0.15, -0.1) is 5.10 Å². The zero-order valence-corrected chi connectivity index (χ0v) is 16.2. The summed E-state index contributed by atoms with van der Waals surface area (Å²) in [6, 6.07) is 21.1. The molecule has 30 heavy (non-hydrogen) atoms. The molecule has 5 rings (SSSR count). The lowest BCUT2D eigenvalue weighted by Gasteiger charge is -2.08. The lowest BCUT2D eigenvalue weighted by atomic mass is 10.1. The molecule has 0 spiro atoms. The first kappa shape index (κ1) is 17.8. The van der Waals surface area contributed by atoms with Crippen molar-refractivity contribution in [2.24, 2.45) is 0 Å². The summed E-state index contributed by atoms with van der Waals surface area (Å²) < 4.78 is 1.98. The number of fused-ring (bicyclic) bond motifs is 1. The minimum absolute atomic E-state index is 0.236. The second kappa shape index (κ2) is 7.29. The predicted molar refractivity (Wildman–Crippen MR) is 115 cm³/mol. The Kier molecular flexibility index (Phi) is 4.33. The monoisotopic (exact) mass is 394 g/mol. The van der Waals surface area contributed by atoms with E-state index in [1.165, 1.54) is 11.0 Å². The van der Waals surface area contributed by atoms with E-state index in [2.05, 4.69) is 15.5 Å². The number of aryl methyl sites for hydroxylation is 1. The molecule has 0 aliphatic rings. The Hall–Kier alpha value is -4.26. The van der Waals surface area contributed by atoms with Crippen LogP contribution in [-0.4, -0.2) is 30.3 Å². The Bertz CT molecular complexity index is 1350. The molecule has 0 unspecified atom stereocenters. The summed E-state index contributed by atoms with van der Waals surface area (Å²) in [5, 5.41) is 11.4. The van der Waals surface area contributed by atoms with Crippen LogP contribution in [-0.2, 0) is 0 Å². The molecule has 0 fully saturated rings. The standard InChI is InChI=1S/C23H18N6O/c1-16-8-7-13-28-15-21(25-22(16)28)18-11-5-6-12-19(18)26-23(30)20-14-24-29(27-20)17-9-3-2-4-10-17/h2-15H,1H3,(H,26,30). The van der Waals surface area contributed by atoms with Crippen molar-refractivity contribution in [1.82, 2.24) is 24.4 Å². The van der Waals surface area contributed by atoms with Crippen molar-refractivity contribution < 1.29 is 4.79 Å². The quantitative estimate of drug-likeness (QED) is 0.497. The van der Waals surface area contributed by atoms with Crippen LogP contribution in [0.2, 0.25) is 0 Å². The van der Waals surface area contributed by atoms with Crippen LogP contribution in [0.5, 0.6) is 0 Å². The molecule has 0 atom stereocenters. The number of carbonyl (C=O) groups excluding carboxylic acids is 1. The van der Waals surface area contributed by atoms with E-state index in [-0.39, 0.29) is 11.6 Å². The average molecular weight is 394 g/mol. The first-order valence-corrected chi connectivity index (χ1v) is 9.52. The third kappa shape index (κ3) is 3.22. The van der Waals surface area contributed by atoms with E-state index >= 15 is 0 Å². The molecule has 3 aromatic heterocycles. The van der Waals surface area contributed by atoms with Crippen LogP contribution in [0.1, 0.15) is 16.1 Å². The highest BCUT2D eigenvalue weighted by Gasteiger charge is 2.16. The molecule has 0 saturated carbocycles. The Balaban J connectivity index is 1.45. The van der Waals surface area contributed by atoms with Crippen LogP contribution in [0.25, 0.3) is 22.6 Å². The Morgan fingerprint density at radius 2 is 1.77 bits per heavy atom. The molecular weight excluding hydrogens is 376 g/mol. The molecule has 0 radical (unpaired) electrons. The van der Waals surface area contributed by atoms with Crippen LogP contribution in [0.15, 0.2) is 85.3 Å². The first-order valence-electron chi connectivity index (χ1n) is 9.52. The van der Waals surface area contributed by atoms with E-state index in [0.29, 0.717) is 5.69 Å². The highest BCUT2D eigenvalue weighted by Crippen LogP contribution is 2.28. The number of hydrogen-bond acceptors (Lipinski definition) is 4. The molecule has 7 nitrogen and oxygen atoms in total. The van der Waals surface area contributed by atoms with Gasteiger partial charge in [-0.1, -0.05) is 42.5 Å². The van der Waals surface area contributed by atoms with Crippen molar-refractivity contribution in [2.75, 3.05) is 5.32 Å². The first-order chi connectivity index (χ1) is 14.7. The molecule has 5 aromatic rings. The van der Waals surface area contributed by atoms with E-state index < -0.39 is 0 Å². The Morgan fingerprint density at radius 1 is 0.967 bits per heavy atom. The molecule has 7 heteroatoms. The van der Waals surface area contributed by atoms with Gasteiger partial charge in [0.25, 0.3) is 5.91 Å². The number of amides is 1. The van der Waals surface area contributed by atoms with E-state index in [1.807, 2.05) is 90.4 Å². The molecule has 1 N–H and O–H groups in total. The maximum Gasteiger partial charge on any atom is 0.277 e. The summed E-state index contributed by atoms with van der Waals surface area (Å²) in [6.45, 7) is 2.02. The highest BCUT2D eigenvalue weighted by molar-refractivity contribution is 6.04. The SMILES string of the molecule is Cc1cccn2cc(-c3ccccc3NC(=O)c3cnn(-c4ccccc4)n3)nc12. The third-order valence-corrected chi connectivity index (χ3v) is 4.84. The molecule has 2 aromatic carbocycles. The van der Waals surface area contributed by atoms with Crippen molar-refractivity contribution in [3.8, 4) is 16.9 Å². The largest absolute Gasteiger partial charge is 0.320 e. The summed E-state index contributed by atoms with van der Waals surface area (Å²) in [7, 11) is 0. The molecule has 3 heterocycles. The number of nitrogens with one attached hydrogen (secondary N) is 1. The van der Waals surface area contributed by atoms with Gasteiger partial charge in [-0.2, -0.15) is 9.90 Å². The fourth-order valence-corrected chi connectivity index (χ4v) is 3.34. The minimum Gasteiger partial charge on any atom is -0.320 e. The van der Waals surface area contributed by atoms with Crippen molar-refractivity contribution in [1.29, 1.82) is 0 Å². The van der Waals surface area contributed by atoms with Gasteiger partial charge in [0.2, 0.25) is 0 Å². The van der Waals surface area contributed by atoms with Gasteiger partial charge in [0.05, 0.1) is 23.3 Å². The van der Waals surface area contributed by atoms with E-state index in [9.17, 15) is 4.79 Å². The summed E-state index contributed by atoms with van der Waals surface area (Å²) in [5.74, 6) is -0.329. The summed E-state index contributed by atoms with van der Waals surface area (Å²) in [5.41, 5.74) is 5.29. The highest BCUT2D eigenvalue weighted by atomic mass is 16.2. The van der Waals surface area contributed by atoms with Crippen LogP contribution < -0.4 is 5.32 Å². The normalized spacial score (nSPS) is 11.0. The van der Waals surface area contributed by atoms with Gasteiger partial charge in [-0.05, 0) is 36.8 Å². The number of imidazole rings is 1. The number of carbonyl (C=O) groups is 1. The van der Waals surface area contributed by atoms with Crippen molar-refractivity contribution in [3.63, 3.8) is 0 Å². The molecule has 0 aliphatic heterocycles. The van der Waals surface area contributed by atoms with Crippen molar-refractivity contribution in [2.45, 2.75) is 6.92 Å². The Morgan fingerprint density at radius 3 is 2.60 bits per heavy atom. The van der Waals surface area contributed by atoms with Gasteiger partial charge < -0.3 is 9.72 Å². The zero-order chi connectivity index (χ0) is 20.5. The smallest absolute Gasteiger partial charge is 0.277 e. The van der Waals surface area contributed by atoms with Crippen LogP contribution in [0.4, 0.5) is 5.69 Å². The number of rotatable bonds is 4. The third-order valence-electron chi connectivity index (χ3n) is 4.84. The topological polar surface area (TPSA) is 77.1 Å². The number of para-hydroxylation sites is 2. The average Bonchev–Trinajstić information content (AvgIpc) is 3.43. The number of pyridine rings is 1. The molecular formula is C23H18N6O. The van der Waals surface area contributed by atoms with E-state index in [0.717, 1.165) is 28.2 Å². The van der Waals surface area contributed by atoms with Crippen molar-refractivity contribution in [3.05, 3.63) is 96.6 Å². The number of anilines is 1. The maximum atomic E-state index is 12.8. The second-order valence-electron chi connectivity index (χ2n) is 6.90. The van der Waals surface area contributed by atoms with Gasteiger partial charge in [0, 0.05) is 18.0 Å². The fourth-order valence-electron chi connectivity index (χ4n) is 3.34. The van der Waals surface area contributed by atoms with Crippen LogP contribution in [0.3, 0.4) is 0 Å². The number of hydrogen-bond donors (Lipinski definition) is 1. The number of nitrogens with zero attached hydrogens (tertiary/aromatic N) is 5. The summed E-state index contributed by atoms with van der Waals surface area (Å²) in [6.07, 6.45) is 5.38. The van der Waals surface area contributed by atoms with Crippen molar-refractivity contribution >= 4 is 17.2 Å². The number of aromatic nitrogens is 5. The van der Waals surface area contributed by atoms with Crippen LogP contribution >= 0.6 is 0 Å². The van der Waals surface area contributed by atoms with Gasteiger partial charge in [-0.3, -0.25) is 4.79 Å². The Labute approximate surface area is 172 Å². The van der Waals surface area contributed by atoms with E-state index in [4.69, 9.17) is 4.98 Å². The minimum atomic E-state index is -0.329. The lowest BCUT2D eigenvalue weighted by Crippen LogP contribution is -2.14. The molecule has 0 saturated heterocycles. The van der Waals surface area contributed by atoms with Gasteiger partial charge in [0.15, 0.2) is 5.69 Å². The lowest BCUT2D eigenvalue weighted by molar-refractivity contribution is 0.102. The zero-order valence-electron chi connectivity index (χ0n) is 16.2. The molecule has 0 bridgehead atoms. The number of benzene rings is 2.